The van der Waals surface area contributed by atoms with Crippen molar-refractivity contribution in [3.8, 4) is 0 Å². The fourth-order valence-corrected chi connectivity index (χ4v) is 1.78. The molecule has 0 aliphatic heterocycles. The molecule has 0 aliphatic carbocycles. The van der Waals surface area contributed by atoms with Crippen molar-refractivity contribution in [2.45, 2.75) is 20.8 Å². The van der Waals surface area contributed by atoms with Gasteiger partial charge in [-0.05, 0) is 36.6 Å². The lowest BCUT2D eigenvalue weighted by Crippen LogP contribution is -2.37. The second-order valence-corrected chi connectivity index (χ2v) is 5.10. The summed E-state index contributed by atoms with van der Waals surface area (Å²) < 4.78 is 0. The van der Waals surface area contributed by atoms with Crippen molar-refractivity contribution < 1.29 is 4.79 Å². The summed E-state index contributed by atoms with van der Waals surface area (Å²) in [5.41, 5.74) is 8.57. The van der Waals surface area contributed by atoms with Crippen LogP contribution in [0.15, 0.2) is 18.2 Å². The van der Waals surface area contributed by atoms with Crippen LogP contribution in [-0.4, -0.2) is 26.0 Å². The molecule has 1 aromatic carbocycles. The van der Waals surface area contributed by atoms with Crippen LogP contribution >= 0.6 is 0 Å². The van der Waals surface area contributed by atoms with E-state index in [-0.39, 0.29) is 5.91 Å². The first-order valence-electron chi connectivity index (χ1n) is 6.24. The average Bonchev–Trinajstić information content (AvgIpc) is 2.26. The van der Waals surface area contributed by atoms with Gasteiger partial charge >= 0.3 is 0 Å². The number of carbonyl (C=O) groups is 1. The molecule has 1 rings (SSSR count). The molecule has 0 saturated carbocycles. The number of rotatable bonds is 5. The topological polar surface area (TPSA) is 58.4 Å². The predicted octanol–water partition coefficient (Wildman–Crippen LogP) is 1.79. The molecule has 4 heteroatoms. The zero-order valence-corrected chi connectivity index (χ0v) is 11.7. The van der Waals surface area contributed by atoms with Gasteiger partial charge in [0.2, 0.25) is 5.91 Å². The summed E-state index contributed by atoms with van der Waals surface area (Å²) in [6.45, 7) is 7.22. The van der Waals surface area contributed by atoms with E-state index >= 15 is 0 Å². The zero-order valence-electron chi connectivity index (χ0n) is 11.7. The van der Waals surface area contributed by atoms with Crippen molar-refractivity contribution in [3.05, 3.63) is 23.8 Å². The van der Waals surface area contributed by atoms with E-state index in [0.29, 0.717) is 19.0 Å². The molecule has 0 heterocycles. The number of nitrogens with two attached hydrogens (primary N) is 1. The number of nitrogen functional groups attached to an aromatic ring is 1. The predicted molar refractivity (Wildman–Crippen MR) is 76.7 cm³/mol. The quantitative estimate of drug-likeness (QED) is 0.782. The van der Waals surface area contributed by atoms with Gasteiger partial charge in [0.1, 0.15) is 0 Å². The Bertz CT molecular complexity index is 416. The number of hydrogen-bond acceptors (Lipinski definition) is 3. The van der Waals surface area contributed by atoms with E-state index in [4.69, 9.17) is 5.73 Å². The molecule has 1 aromatic rings. The Morgan fingerprint density at radius 2 is 2.11 bits per heavy atom. The third-order valence-electron chi connectivity index (χ3n) is 2.72. The van der Waals surface area contributed by atoms with E-state index in [1.807, 2.05) is 37.1 Å². The Morgan fingerprint density at radius 1 is 1.44 bits per heavy atom. The molecule has 0 saturated heterocycles. The van der Waals surface area contributed by atoms with Gasteiger partial charge in [-0.15, -0.1) is 0 Å². The maximum atomic E-state index is 11.7. The van der Waals surface area contributed by atoms with Crippen LogP contribution in [0, 0.1) is 12.8 Å². The van der Waals surface area contributed by atoms with Crippen LogP contribution in [0.25, 0.3) is 0 Å². The Hall–Kier alpha value is -1.71. The first-order chi connectivity index (χ1) is 8.40. The van der Waals surface area contributed by atoms with Crippen molar-refractivity contribution in [1.29, 1.82) is 0 Å². The van der Waals surface area contributed by atoms with Crippen LogP contribution in [0.5, 0.6) is 0 Å². The Kier molecular flexibility index (Phi) is 5.01. The molecule has 4 nitrogen and oxygen atoms in total. The molecule has 0 aromatic heterocycles. The summed E-state index contributed by atoms with van der Waals surface area (Å²) in [4.78, 5) is 13.7. The summed E-state index contributed by atoms with van der Waals surface area (Å²) in [6, 6.07) is 5.71. The number of nitrogens with zero attached hydrogens (tertiary/aromatic N) is 1. The molecule has 0 spiro atoms. The van der Waals surface area contributed by atoms with E-state index in [1.165, 1.54) is 0 Å². The fourth-order valence-electron chi connectivity index (χ4n) is 1.78. The number of carbonyl (C=O) groups excluding carboxylic acids is 1. The minimum Gasteiger partial charge on any atom is -0.399 e. The highest BCUT2D eigenvalue weighted by Crippen LogP contribution is 2.20. The lowest BCUT2D eigenvalue weighted by molar-refractivity contribution is -0.119. The first-order valence-corrected chi connectivity index (χ1v) is 6.24. The molecule has 0 radical (unpaired) electrons. The summed E-state index contributed by atoms with van der Waals surface area (Å²) in [6.07, 6.45) is 0. The van der Waals surface area contributed by atoms with Crippen LogP contribution < -0.4 is 16.0 Å². The molecule has 3 N–H and O–H groups in total. The van der Waals surface area contributed by atoms with Gasteiger partial charge in [-0.2, -0.15) is 0 Å². The lowest BCUT2D eigenvalue weighted by atomic mass is 10.1. The SMILES string of the molecule is Cc1cc(N)ccc1N(C)CC(=O)NCC(C)C. The normalized spacial score (nSPS) is 10.5. The van der Waals surface area contributed by atoms with Crippen molar-refractivity contribution in [1.82, 2.24) is 5.32 Å². The molecular weight excluding hydrogens is 226 g/mol. The molecule has 0 bridgehead atoms. The molecule has 100 valence electrons. The lowest BCUT2D eigenvalue weighted by Gasteiger charge is -2.21. The molecule has 0 aliphatic rings. The summed E-state index contributed by atoms with van der Waals surface area (Å²) in [5, 5.41) is 2.91. The Balaban J connectivity index is 2.59. The van der Waals surface area contributed by atoms with Gasteiger partial charge < -0.3 is 16.0 Å². The number of nitrogens with one attached hydrogen (secondary N) is 1. The standard InChI is InChI=1S/C14H23N3O/c1-10(2)8-16-14(18)9-17(4)13-6-5-12(15)7-11(13)3/h5-7,10H,8-9,15H2,1-4H3,(H,16,18). The third kappa shape index (κ3) is 4.28. The van der Waals surface area contributed by atoms with Crippen LogP contribution in [0.1, 0.15) is 19.4 Å². The number of hydrogen-bond donors (Lipinski definition) is 2. The molecular formula is C14H23N3O. The van der Waals surface area contributed by atoms with Gasteiger partial charge in [0, 0.05) is 25.0 Å². The van der Waals surface area contributed by atoms with Crippen LogP contribution in [0.3, 0.4) is 0 Å². The van der Waals surface area contributed by atoms with E-state index in [9.17, 15) is 4.79 Å². The smallest absolute Gasteiger partial charge is 0.239 e. The van der Waals surface area contributed by atoms with E-state index in [2.05, 4.69) is 19.2 Å². The van der Waals surface area contributed by atoms with Crippen molar-refractivity contribution in [3.63, 3.8) is 0 Å². The number of aryl methyl sites for hydroxylation is 1. The van der Waals surface area contributed by atoms with Gasteiger partial charge in [-0.3, -0.25) is 4.79 Å². The molecule has 0 atom stereocenters. The second-order valence-electron chi connectivity index (χ2n) is 5.10. The van der Waals surface area contributed by atoms with Gasteiger partial charge in [-0.1, -0.05) is 13.8 Å². The van der Waals surface area contributed by atoms with Crippen molar-refractivity contribution in [2.24, 2.45) is 5.92 Å². The summed E-state index contributed by atoms with van der Waals surface area (Å²) >= 11 is 0. The van der Waals surface area contributed by atoms with E-state index in [0.717, 1.165) is 16.9 Å². The minimum atomic E-state index is 0.0439. The monoisotopic (exact) mass is 249 g/mol. The fraction of sp³-hybridized carbons (Fsp3) is 0.500. The summed E-state index contributed by atoms with van der Waals surface area (Å²) in [7, 11) is 1.91. The van der Waals surface area contributed by atoms with Gasteiger partial charge in [0.05, 0.1) is 6.54 Å². The highest BCUT2D eigenvalue weighted by Gasteiger charge is 2.09. The average molecular weight is 249 g/mol. The molecule has 1 amide bonds. The Morgan fingerprint density at radius 3 is 2.67 bits per heavy atom. The van der Waals surface area contributed by atoms with Crippen molar-refractivity contribution in [2.75, 3.05) is 30.8 Å². The highest BCUT2D eigenvalue weighted by atomic mass is 16.2. The number of anilines is 2. The van der Waals surface area contributed by atoms with E-state index in [1.54, 1.807) is 0 Å². The van der Waals surface area contributed by atoms with Crippen LogP contribution in [0.2, 0.25) is 0 Å². The van der Waals surface area contributed by atoms with Crippen molar-refractivity contribution >= 4 is 17.3 Å². The first kappa shape index (κ1) is 14.4. The zero-order chi connectivity index (χ0) is 13.7. The highest BCUT2D eigenvalue weighted by molar-refractivity contribution is 5.81. The minimum absolute atomic E-state index is 0.0439. The number of amides is 1. The molecule has 0 fully saturated rings. The largest absolute Gasteiger partial charge is 0.399 e. The van der Waals surface area contributed by atoms with Gasteiger partial charge in [0.15, 0.2) is 0 Å². The molecule has 18 heavy (non-hydrogen) atoms. The third-order valence-corrected chi connectivity index (χ3v) is 2.72. The van der Waals surface area contributed by atoms with Crippen LogP contribution in [-0.2, 0) is 4.79 Å². The number of benzene rings is 1. The second kappa shape index (κ2) is 6.28. The van der Waals surface area contributed by atoms with Gasteiger partial charge in [0.25, 0.3) is 0 Å². The maximum Gasteiger partial charge on any atom is 0.239 e. The van der Waals surface area contributed by atoms with Crippen LogP contribution in [0.4, 0.5) is 11.4 Å². The molecule has 0 unspecified atom stereocenters. The van der Waals surface area contributed by atoms with E-state index < -0.39 is 0 Å². The summed E-state index contributed by atoms with van der Waals surface area (Å²) in [5.74, 6) is 0.514. The maximum absolute atomic E-state index is 11.7. The van der Waals surface area contributed by atoms with Gasteiger partial charge in [-0.25, -0.2) is 0 Å². The number of likely N-dealkylation sites (N-methyl/N-ethyl adjacent to an activating group) is 1. The Labute approximate surface area is 109 Å².